The van der Waals surface area contributed by atoms with Gasteiger partial charge in [0.2, 0.25) is 0 Å². The third-order valence-electron chi connectivity index (χ3n) is 2.34. The van der Waals surface area contributed by atoms with Crippen LogP contribution in [-0.2, 0) is 5.75 Å². The summed E-state index contributed by atoms with van der Waals surface area (Å²) in [6.07, 6.45) is 3.42. The predicted octanol–water partition coefficient (Wildman–Crippen LogP) is 3.54. The number of pyridine rings is 1. The summed E-state index contributed by atoms with van der Waals surface area (Å²) in [5.74, 6) is -0.789. The number of rotatable bonds is 3. The van der Waals surface area contributed by atoms with Gasteiger partial charge in [-0.2, -0.15) is 0 Å². The summed E-state index contributed by atoms with van der Waals surface area (Å²) in [6, 6.07) is 4.19. The number of nitrogens with two attached hydrogens (primary N) is 1. The number of aryl methyl sites for hydroxylation is 1. The number of halogens is 2. The average molecular weight is 266 g/mol. The van der Waals surface area contributed by atoms with Gasteiger partial charge in [0.1, 0.15) is 11.6 Å². The Kier molecular flexibility index (Phi) is 3.81. The number of benzene rings is 1. The molecule has 0 atom stereocenters. The molecule has 0 saturated carbocycles. The molecule has 0 aliphatic heterocycles. The van der Waals surface area contributed by atoms with Crippen LogP contribution in [0.1, 0.15) is 11.1 Å². The molecule has 2 N–H and O–H groups in total. The van der Waals surface area contributed by atoms with Crippen LogP contribution in [0.2, 0.25) is 0 Å². The fourth-order valence-electron chi connectivity index (χ4n) is 1.57. The first-order chi connectivity index (χ1) is 8.56. The molecule has 0 saturated heterocycles. The highest BCUT2D eigenvalue weighted by Gasteiger charge is 2.11. The van der Waals surface area contributed by atoms with Crippen molar-refractivity contribution in [3.8, 4) is 0 Å². The summed E-state index contributed by atoms with van der Waals surface area (Å²) in [6.45, 7) is 1.92. The second-order valence-electron chi connectivity index (χ2n) is 3.97. The molecule has 18 heavy (non-hydrogen) atoms. The van der Waals surface area contributed by atoms with Crippen LogP contribution in [0.3, 0.4) is 0 Å². The molecule has 2 nitrogen and oxygen atoms in total. The Balaban J connectivity index is 2.16. The molecule has 0 spiro atoms. The molecule has 0 bridgehead atoms. The van der Waals surface area contributed by atoms with Crippen LogP contribution in [-0.4, -0.2) is 4.98 Å². The zero-order valence-corrected chi connectivity index (χ0v) is 10.6. The molecule has 0 aliphatic rings. The van der Waals surface area contributed by atoms with E-state index >= 15 is 0 Å². The highest BCUT2D eigenvalue weighted by Crippen LogP contribution is 2.29. The Bertz CT molecular complexity index is 550. The van der Waals surface area contributed by atoms with Crippen molar-refractivity contribution in [1.82, 2.24) is 4.98 Å². The molecule has 1 heterocycles. The third kappa shape index (κ3) is 2.98. The van der Waals surface area contributed by atoms with Gasteiger partial charge in [0, 0.05) is 23.8 Å². The number of thioether (sulfide) groups is 1. The van der Waals surface area contributed by atoms with Crippen molar-refractivity contribution in [3.05, 3.63) is 53.4 Å². The molecule has 1 aromatic carbocycles. The molecule has 2 rings (SSSR count). The van der Waals surface area contributed by atoms with Crippen molar-refractivity contribution in [2.24, 2.45) is 0 Å². The Morgan fingerprint density at radius 3 is 2.44 bits per heavy atom. The molecule has 0 fully saturated rings. The van der Waals surface area contributed by atoms with Gasteiger partial charge in [0.15, 0.2) is 0 Å². The van der Waals surface area contributed by atoms with Gasteiger partial charge in [-0.3, -0.25) is 4.98 Å². The molecule has 0 amide bonds. The van der Waals surface area contributed by atoms with E-state index in [1.54, 1.807) is 12.4 Å². The highest BCUT2D eigenvalue weighted by molar-refractivity contribution is 7.98. The standard InChI is InChI=1S/C13H12F2N2S/c1-8-2-9(6-17-5-8)7-18-13-11(14)3-10(16)4-12(13)15/h2-6H,7,16H2,1H3. The molecular weight excluding hydrogens is 254 g/mol. The van der Waals surface area contributed by atoms with E-state index in [0.29, 0.717) is 5.75 Å². The average Bonchev–Trinajstić information content (AvgIpc) is 2.27. The molecule has 0 aliphatic carbocycles. The number of nitrogen functional groups attached to an aromatic ring is 1. The number of anilines is 1. The van der Waals surface area contributed by atoms with Crippen molar-refractivity contribution in [1.29, 1.82) is 0 Å². The Morgan fingerprint density at radius 2 is 1.83 bits per heavy atom. The second-order valence-corrected chi connectivity index (χ2v) is 4.96. The van der Waals surface area contributed by atoms with Crippen molar-refractivity contribution >= 4 is 17.4 Å². The van der Waals surface area contributed by atoms with E-state index in [0.717, 1.165) is 35.0 Å². The summed E-state index contributed by atoms with van der Waals surface area (Å²) < 4.78 is 27.1. The number of nitrogens with zero attached hydrogens (tertiary/aromatic N) is 1. The zero-order chi connectivity index (χ0) is 13.1. The van der Waals surface area contributed by atoms with E-state index in [9.17, 15) is 8.78 Å². The van der Waals surface area contributed by atoms with Gasteiger partial charge < -0.3 is 5.73 Å². The number of hydrogen-bond acceptors (Lipinski definition) is 3. The van der Waals surface area contributed by atoms with E-state index in [-0.39, 0.29) is 10.6 Å². The van der Waals surface area contributed by atoms with Crippen molar-refractivity contribution in [2.75, 3.05) is 5.73 Å². The van der Waals surface area contributed by atoms with Crippen molar-refractivity contribution < 1.29 is 8.78 Å². The largest absolute Gasteiger partial charge is 0.399 e. The summed E-state index contributed by atoms with van der Waals surface area (Å²) in [7, 11) is 0. The van der Waals surface area contributed by atoms with Crippen LogP contribution >= 0.6 is 11.8 Å². The lowest BCUT2D eigenvalue weighted by Crippen LogP contribution is -1.94. The minimum atomic E-state index is -0.627. The monoisotopic (exact) mass is 266 g/mol. The maximum Gasteiger partial charge on any atom is 0.141 e. The lowest BCUT2D eigenvalue weighted by atomic mass is 10.2. The molecular formula is C13H12F2N2S. The van der Waals surface area contributed by atoms with Crippen LogP contribution < -0.4 is 5.73 Å². The number of hydrogen-bond donors (Lipinski definition) is 1. The fourth-order valence-corrected chi connectivity index (χ4v) is 2.43. The zero-order valence-electron chi connectivity index (χ0n) is 9.78. The van der Waals surface area contributed by atoms with Crippen LogP contribution in [0, 0.1) is 18.6 Å². The molecule has 1 aromatic heterocycles. The van der Waals surface area contributed by atoms with Crippen LogP contribution in [0.25, 0.3) is 0 Å². The van der Waals surface area contributed by atoms with E-state index in [1.165, 1.54) is 0 Å². The van der Waals surface area contributed by atoms with Crippen LogP contribution in [0.4, 0.5) is 14.5 Å². The quantitative estimate of drug-likeness (QED) is 0.682. The van der Waals surface area contributed by atoms with Gasteiger partial charge in [0.05, 0.1) is 4.90 Å². The smallest absolute Gasteiger partial charge is 0.141 e. The molecule has 0 radical (unpaired) electrons. The van der Waals surface area contributed by atoms with Crippen LogP contribution in [0.5, 0.6) is 0 Å². The first kappa shape index (κ1) is 12.8. The molecule has 94 valence electrons. The third-order valence-corrected chi connectivity index (χ3v) is 3.49. The first-order valence-electron chi connectivity index (χ1n) is 5.34. The topological polar surface area (TPSA) is 38.9 Å². The summed E-state index contributed by atoms with van der Waals surface area (Å²) in [5, 5.41) is 0. The van der Waals surface area contributed by atoms with Crippen LogP contribution in [0.15, 0.2) is 35.5 Å². The van der Waals surface area contributed by atoms with E-state index in [2.05, 4.69) is 4.98 Å². The normalized spacial score (nSPS) is 10.6. The summed E-state index contributed by atoms with van der Waals surface area (Å²) >= 11 is 1.10. The maximum atomic E-state index is 13.5. The Morgan fingerprint density at radius 1 is 1.17 bits per heavy atom. The summed E-state index contributed by atoms with van der Waals surface area (Å²) in [5.41, 5.74) is 7.39. The Labute approximate surface area is 108 Å². The van der Waals surface area contributed by atoms with Gasteiger partial charge in [-0.05, 0) is 30.2 Å². The molecule has 0 unspecified atom stereocenters. The fraction of sp³-hybridized carbons (Fsp3) is 0.154. The lowest BCUT2D eigenvalue weighted by molar-refractivity contribution is 0.542. The lowest BCUT2D eigenvalue weighted by Gasteiger charge is -2.06. The van der Waals surface area contributed by atoms with E-state index in [1.807, 2.05) is 13.0 Å². The van der Waals surface area contributed by atoms with Gasteiger partial charge in [-0.25, -0.2) is 8.78 Å². The Hall–Kier alpha value is -1.62. The minimum Gasteiger partial charge on any atom is -0.399 e. The van der Waals surface area contributed by atoms with E-state index < -0.39 is 11.6 Å². The molecule has 5 heteroatoms. The highest BCUT2D eigenvalue weighted by atomic mass is 32.2. The SMILES string of the molecule is Cc1cncc(CSc2c(F)cc(N)cc2F)c1. The van der Waals surface area contributed by atoms with Gasteiger partial charge in [0.25, 0.3) is 0 Å². The van der Waals surface area contributed by atoms with E-state index in [4.69, 9.17) is 5.73 Å². The van der Waals surface area contributed by atoms with Crippen molar-refractivity contribution in [3.63, 3.8) is 0 Å². The second kappa shape index (κ2) is 5.35. The van der Waals surface area contributed by atoms with Gasteiger partial charge in [-0.1, -0.05) is 6.07 Å². The predicted molar refractivity (Wildman–Crippen MR) is 69.3 cm³/mol. The maximum absolute atomic E-state index is 13.5. The minimum absolute atomic E-state index is 0.00861. The van der Waals surface area contributed by atoms with Gasteiger partial charge >= 0.3 is 0 Å². The molecule has 2 aromatic rings. The summed E-state index contributed by atoms with van der Waals surface area (Å²) in [4.78, 5) is 4.03. The van der Waals surface area contributed by atoms with Gasteiger partial charge in [-0.15, -0.1) is 11.8 Å². The van der Waals surface area contributed by atoms with Crippen molar-refractivity contribution in [2.45, 2.75) is 17.6 Å². The first-order valence-corrected chi connectivity index (χ1v) is 6.32. The number of aromatic nitrogens is 1.